The van der Waals surface area contributed by atoms with Crippen LogP contribution in [-0.4, -0.2) is 25.7 Å². The molecule has 1 unspecified atom stereocenters. The molecule has 5 nitrogen and oxygen atoms in total. The van der Waals surface area contributed by atoms with Gasteiger partial charge in [0.1, 0.15) is 17.2 Å². The van der Waals surface area contributed by atoms with Gasteiger partial charge >= 0.3 is 0 Å². The van der Waals surface area contributed by atoms with E-state index in [9.17, 15) is 4.79 Å². The van der Waals surface area contributed by atoms with Crippen LogP contribution in [0, 0.1) is 0 Å². The average Bonchev–Trinajstić information content (AvgIpc) is 2.64. The predicted molar refractivity (Wildman–Crippen MR) is 98.6 cm³/mol. The number of unbranched alkanes of at least 4 members (excludes halogenated alkanes) is 1. The number of carbonyl (C=O) groups is 1. The molecule has 25 heavy (non-hydrogen) atoms. The second-order valence-electron chi connectivity index (χ2n) is 5.62. The molecule has 0 saturated carbocycles. The number of hydrogen-bond acceptors (Lipinski definition) is 4. The number of carbonyl (C=O) groups excluding carboxylic acids is 1. The Balaban J connectivity index is 1.96. The SMILES string of the molecule is CCCCOc1ccccc1NC(=O)C(C)Oc1ccc(OC)cc1. The first kappa shape index (κ1) is 18.6. The second-order valence-corrected chi connectivity index (χ2v) is 5.62. The van der Waals surface area contributed by atoms with Crippen molar-refractivity contribution in [3.63, 3.8) is 0 Å². The van der Waals surface area contributed by atoms with E-state index in [0.29, 0.717) is 23.8 Å². The topological polar surface area (TPSA) is 56.8 Å². The van der Waals surface area contributed by atoms with Crippen LogP contribution in [0.1, 0.15) is 26.7 Å². The van der Waals surface area contributed by atoms with Gasteiger partial charge in [-0.05, 0) is 49.7 Å². The van der Waals surface area contributed by atoms with Crippen molar-refractivity contribution in [1.82, 2.24) is 0 Å². The number of benzene rings is 2. The molecule has 134 valence electrons. The Bertz CT molecular complexity index is 670. The summed E-state index contributed by atoms with van der Waals surface area (Å²) in [6.07, 6.45) is 1.39. The normalized spacial score (nSPS) is 11.5. The first-order valence-electron chi connectivity index (χ1n) is 8.47. The molecule has 1 amide bonds. The van der Waals surface area contributed by atoms with E-state index in [1.807, 2.05) is 24.3 Å². The van der Waals surface area contributed by atoms with Gasteiger partial charge in [0, 0.05) is 0 Å². The van der Waals surface area contributed by atoms with Gasteiger partial charge in [-0.15, -0.1) is 0 Å². The maximum Gasteiger partial charge on any atom is 0.265 e. The van der Waals surface area contributed by atoms with E-state index in [-0.39, 0.29) is 5.91 Å². The Morgan fingerprint density at radius 1 is 1.08 bits per heavy atom. The minimum atomic E-state index is -0.642. The number of ether oxygens (including phenoxy) is 3. The molecule has 0 aromatic heterocycles. The molecule has 0 aliphatic rings. The fraction of sp³-hybridized carbons (Fsp3) is 0.350. The Morgan fingerprint density at radius 2 is 1.76 bits per heavy atom. The van der Waals surface area contributed by atoms with E-state index < -0.39 is 6.10 Å². The van der Waals surface area contributed by atoms with Crippen molar-refractivity contribution in [2.24, 2.45) is 0 Å². The zero-order valence-electron chi connectivity index (χ0n) is 15.0. The molecule has 0 heterocycles. The molecule has 2 rings (SSSR count). The first-order chi connectivity index (χ1) is 12.1. The number of para-hydroxylation sites is 2. The van der Waals surface area contributed by atoms with Crippen molar-refractivity contribution in [3.05, 3.63) is 48.5 Å². The molecule has 0 aliphatic heterocycles. The van der Waals surface area contributed by atoms with Gasteiger partial charge in [0.15, 0.2) is 6.10 Å². The van der Waals surface area contributed by atoms with Crippen LogP contribution in [0.25, 0.3) is 0 Å². The molecule has 2 aromatic carbocycles. The summed E-state index contributed by atoms with van der Waals surface area (Å²) in [6.45, 7) is 4.44. The van der Waals surface area contributed by atoms with Crippen LogP contribution in [-0.2, 0) is 4.79 Å². The predicted octanol–water partition coefficient (Wildman–Crippen LogP) is 4.28. The van der Waals surface area contributed by atoms with Crippen molar-refractivity contribution >= 4 is 11.6 Å². The van der Waals surface area contributed by atoms with E-state index in [4.69, 9.17) is 14.2 Å². The summed E-state index contributed by atoms with van der Waals surface area (Å²) in [5.41, 5.74) is 0.647. The Hall–Kier alpha value is -2.69. The van der Waals surface area contributed by atoms with E-state index in [2.05, 4.69) is 12.2 Å². The highest BCUT2D eigenvalue weighted by molar-refractivity contribution is 5.95. The van der Waals surface area contributed by atoms with Gasteiger partial charge in [-0.2, -0.15) is 0 Å². The number of amides is 1. The van der Waals surface area contributed by atoms with E-state index in [1.54, 1.807) is 38.3 Å². The van der Waals surface area contributed by atoms with Crippen LogP contribution in [0.15, 0.2) is 48.5 Å². The molecule has 5 heteroatoms. The van der Waals surface area contributed by atoms with Gasteiger partial charge in [0.25, 0.3) is 5.91 Å². The van der Waals surface area contributed by atoms with Gasteiger partial charge in [0.2, 0.25) is 0 Å². The van der Waals surface area contributed by atoms with Crippen molar-refractivity contribution in [2.75, 3.05) is 19.0 Å². The van der Waals surface area contributed by atoms with Crippen LogP contribution < -0.4 is 19.5 Å². The monoisotopic (exact) mass is 343 g/mol. The molecule has 1 atom stereocenters. The third-order valence-corrected chi connectivity index (χ3v) is 3.64. The van der Waals surface area contributed by atoms with Crippen LogP contribution in [0.3, 0.4) is 0 Å². The standard InChI is InChI=1S/C20H25NO4/c1-4-5-14-24-19-9-7-6-8-18(19)21-20(22)15(2)25-17-12-10-16(23-3)11-13-17/h6-13,15H,4-5,14H2,1-3H3,(H,21,22). The highest BCUT2D eigenvalue weighted by Crippen LogP contribution is 2.25. The molecular weight excluding hydrogens is 318 g/mol. The number of methoxy groups -OCH3 is 1. The molecule has 0 saturated heterocycles. The molecule has 2 aromatic rings. The van der Waals surface area contributed by atoms with Gasteiger partial charge in [0.05, 0.1) is 19.4 Å². The lowest BCUT2D eigenvalue weighted by Crippen LogP contribution is -2.30. The van der Waals surface area contributed by atoms with Gasteiger partial charge in [-0.3, -0.25) is 4.79 Å². The largest absolute Gasteiger partial charge is 0.497 e. The van der Waals surface area contributed by atoms with E-state index in [0.717, 1.165) is 18.6 Å². The molecular formula is C20H25NO4. The lowest BCUT2D eigenvalue weighted by molar-refractivity contribution is -0.122. The molecule has 0 bridgehead atoms. The Morgan fingerprint density at radius 3 is 2.44 bits per heavy atom. The van der Waals surface area contributed by atoms with Crippen molar-refractivity contribution in [2.45, 2.75) is 32.8 Å². The number of nitrogens with one attached hydrogen (secondary N) is 1. The summed E-state index contributed by atoms with van der Waals surface area (Å²) in [5.74, 6) is 1.78. The van der Waals surface area contributed by atoms with Gasteiger partial charge < -0.3 is 19.5 Å². The minimum Gasteiger partial charge on any atom is -0.497 e. The van der Waals surface area contributed by atoms with Crippen LogP contribution in [0.4, 0.5) is 5.69 Å². The summed E-state index contributed by atoms with van der Waals surface area (Å²) in [4.78, 5) is 12.4. The zero-order valence-corrected chi connectivity index (χ0v) is 15.0. The van der Waals surface area contributed by atoms with E-state index >= 15 is 0 Å². The second kappa shape index (κ2) is 9.57. The number of hydrogen-bond donors (Lipinski definition) is 1. The lowest BCUT2D eigenvalue weighted by Gasteiger charge is -2.17. The highest BCUT2D eigenvalue weighted by Gasteiger charge is 2.16. The van der Waals surface area contributed by atoms with Crippen LogP contribution >= 0.6 is 0 Å². The van der Waals surface area contributed by atoms with Crippen LogP contribution in [0.5, 0.6) is 17.2 Å². The molecule has 1 N–H and O–H groups in total. The summed E-state index contributed by atoms with van der Waals surface area (Å²) in [5, 5.41) is 2.87. The first-order valence-corrected chi connectivity index (χ1v) is 8.47. The van der Waals surface area contributed by atoms with Crippen molar-refractivity contribution < 1.29 is 19.0 Å². The van der Waals surface area contributed by atoms with Gasteiger partial charge in [-0.25, -0.2) is 0 Å². The molecule has 0 aliphatic carbocycles. The summed E-state index contributed by atoms with van der Waals surface area (Å²) in [7, 11) is 1.60. The van der Waals surface area contributed by atoms with Gasteiger partial charge in [-0.1, -0.05) is 25.5 Å². The number of rotatable bonds is 9. The number of anilines is 1. The fourth-order valence-electron chi connectivity index (χ4n) is 2.17. The van der Waals surface area contributed by atoms with Crippen molar-refractivity contribution in [1.29, 1.82) is 0 Å². The minimum absolute atomic E-state index is 0.234. The summed E-state index contributed by atoms with van der Waals surface area (Å²) < 4.78 is 16.5. The Kier molecular flexibility index (Phi) is 7.14. The van der Waals surface area contributed by atoms with Crippen LogP contribution in [0.2, 0.25) is 0 Å². The summed E-state index contributed by atoms with van der Waals surface area (Å²) >= 11 is 0. The van der Waals surface area contributed by atoms with E-state index in [1.165, 1.54) is 0 Å². The molecule has 0 fully saturated rings. The highest BCUT2D eigenvalue weighted by atomic mass is 16.5. The third kappa shape index (κ3) is 5.71. The maximum atomic E-state index is 12.4. The lowest BCUT2D eigenvalue weighted by atomic mass is 10.2. The zero-order chi connectivity index (χ0) is 18.1. The Labute approximate surface area is 148 Å². The van der Waals surface area contributed by atoms with Crippen molar-refractivity contribution in [3.8, 4) is 17.2 Å². The quantitative estimate of drug-likeness (QED) is 0.691. The molecule has 0 radical (unpaired) electrons. The smallest absolute Gasteiger partial charge is 0.265 e. The molecule has 0 spiro atoms. The fourth-order valence-corrected chi connectivity index (χ4v) is 2.17. The third-order valence-electron chi connectivity index (χ3n) is 3.64. The maximum absolute atomic E-state index is 12.4. The average molecular weight is 343 g/mol. The summed E-state index contributed by atoms with van der Waals surface area (Å²) in [6, 6.07) is 14.5.